The van der Waals surface area contributed by atoms with Crippen LogP contribution in [-0.4, -0.2) is 16.0 Å². The molecule has 4 heteroatoms. The summed E-state index contributed by atoms with van der Waals surface area (Å²) in [5.74, 6) is -0.415. The van der Waals surface area contributed by atoms with Gasteiger partial charge in [0.2, 0.25) is 0 Å². The van der Waals surface area contributed by atoms with Gasteiger partial charge in [-0.1, -0.05) is 60.7 Å². The molecule has 0 aliphatic rings. The number of aliphatic hydroxyl groups excluding tert-OH is 1. The molecule has 3 aromatic rings. The van der Waals surface area contributed by atoms with E-state index in [-0.39, 0.29) is 0 Å². The van der Waals surface area contributed by atoms with Crippen molar-refractivity contribution in [1.82, 2.24) is 10.3 Å². The highest BCUT2D eigenvalue weighted by Crippen LogP contribution is 2.22. The van der Waals surface area contributed by atoms with E-state index in [0.29, 0.717) is 12.1 Å². The van der Waals surface area contributed by atoms with Crippen molar-refractivity contribution in [2.75, 3.05) is 0 Å². The molecule has 1 atom stereocenters. The van der Waals surface area contributed by atoms with Gasteiger partial charge in [-0.05, 0) is 22.8 Å². The lowest BCUT2D eigenvalue weighted by Gasteiger charge is -2.14. The minimum absolute atomic E-state index is 0.341. The normalized spacial score (nSPS) is 11.7. The summed E-state index contributed by atoms with van der Waals surface area (Å²) in [6.45, 7) is 0.341. The lowest BCUT2D eigenvalue weighted by molar-refractivity contribution is -0.129. The first-order valence-electron chi connectivity index (χ1n) is 7.75. The van der Waals surface area contributed by atoms with Crippen LogP contribution in [0.15, 0.2) is 79.1 Å². The molecule has 1 heterocycles. The molecule has 24 heavy (non-hydrogen) atoms. The summed E-state index contributed by atoms with van der Waals surface area (Å²) in [4.78, 5) is 16.3. The van der Waals surface area contributed by atoms with Gasteiger partial charge in [0.15, 0.2) is 6.10 Å². The molecule has 0 aliphatic heterocycles. The summed E-state index contributed by atoms with van der Waals surface area (Å²) in [6, 6.07) is 20.6. The molecule has 0 fully saturated rings. The third-order valence-electron chi connectivity index (χ3n) is 3.81. The van der Waals surface area contributed by atoms with Crippen LogP contribution in [0, 0.1) is 0 Å². The Labute approximate surface area is 140 Å². The maximum absolute atomic E-state index is 12.2. The zero-order chi connectivity index (χ0) is 16.8. The van der Waals surface area contributed by atoms with Gasteiger partial charge in [-0.2, -0.15) is 0 Å². The first-order valence-corrected chi connectivity index (χ1v) is 7.75. The molecule has 3 rings (SSSR count). The Morgan fingerprint density at radius 1 is 1.00 bits per heavy atom. The van der Waals surface area contributed by atoms with Crippen molar-refractivity contribution in [2.45, 2.75) is 12.6 Å². The van der Waals surface area contributed by atoms with E-state index in [1.807, 2.05) is 42.5 Å². The molecule has 120 valence electrons. The van der Waals surface area contributed by atoms with Crippen molar-refractivity contribution < 1.29 is 9.90 Å². The highest BCUT2D eigenvalue weighted by Gasteiger charge is 2.17. The predicted octanol–water partition coefficient (Wildman–Crippen LogP) is 3.10. The third-order valence-corrected chi connectivity index (χ3v) is 3.81. The second-order valence-corrected chi connectivity index (χ2v) is 5.43. The summed E-state index contributed by atoms with van der Waals surface area (Å²) in [6.07, 6.45) is 2.35. The fourth-order valence-electron chi connectivity index (χ4n) is 2.54. The molecule has 0 saturated heterocycles. The fraction of sp³-hybridized carbons (Fsp3) is 0.100. The van der Waals surface area contributed by atoms with Gasteiger partial charge in [-0.15, -0.1) is 0 Å². The third kappa shape index (κ3) is 3.67. The van der Waals surface area contributed by atoms with Crippen LogP contribution in [0.1, 0.15) is 17.2 Å². The number of aromatic nitrogens is 1. The average Bonchev–Trinajstić information content (AvgIpc) is 2.67. The number of hydrogen-bond acceptors (Lipinski definition) is 3. The highest BCUT2D eigenvalue weighted by molar-refractivity contribution is 5.82. The summed E-state index contributed by atoms with van der Waals surface area (Å²) < 4.78 is 0. The van der Waals surface area contributed by atoms with Gasteiger partial charge < -0.3 is 10.4 Å². The first-order chi connectivity index (χ1) is 11.8. The quantitative estimate of drug-likeness (QED) is 0.760. The fourth-order valence-corrected chi connectivity index (χ4v) is 2.54. The van der Waals surface area contributed by atoms with Crippen LogP contribution < -0.4 is 5.32 Å². The number of carbonyl (C=O) groups excluding carboxylic acids is 1. The topological polar surface area (TPSA) is 62.2 Å². The molecule has 0 saturated carbocycles. The molecule has 4 nitrogen and oxygen atoms in total. The van der Waals surface area contributed by atoms with Crippen LogP contribution in [0.5, 0.6) is 0 Å². The Bertz CT molecular complexity index is 804. The minimum atomic E-state index is -1.17. The number of nitrogens with zero attached hydrogens (tertiary/aromatic N) is 1. The van der Waals surface area contributed by atoms with Crippen LogP contribution in [0.4, 0.5) is 0 Å². The monoisotopic (exact) mass is 318 g/mol. The Kier molecular flexibility index (Phi) is 4.99. The molecule has 0 unspecified atom stereocenters. The molecule has 0 bridgehead atoms. The molecule has 1 amide bonds. The van der Waals surface area contributed by atoms with Crippen molar-refractivity contribution in [3.05, 3.63) is 90.3 Å². The second kappa shape index (κ2) is 7.53. The van der Waals surface area contributed by atoms with Crippen molar-refractivity contribution in [3.8, 4) is 11.1 Å². The largest absolute Gasteiger partial charge is 0.378 e. The minimum Gasteiger partial charge on any atom is -0.378 e. The van der Waals surface area contributed by atoms with Gasteiger partial charge in [0, 0.05) is 24.5 Å². The maximum atomic E-state index is 12.2. The van der Waals surface area contributed by atoms with Gasteiger partial charge in [0.1, 0.15) is 0 Å². The Hall–Kier alpha value is -2.98. The van der Waals surface area contributed by atoms with E-state index in [1.165, 1.54) is 0 Å². The number of aliphatic hydroxyl groups is 1. The number of hydrogen-bond donors (Lipinski definition) is 2. The molecule has 2 N–H and O–H groups in total. The van der Waals surface area contributed by atoms with Gasteiger partial charge in [0.05, 0.1) is 0 Å². The number of amides is 1. The van der Waals surface area contributed by atoms with Gasteiger partial charge >= 0.3 is 0 Å². The van der Waals surface area contributed by atoms with E-state index in [2.05, 4.69) is 10.3 Å². The number of rotatable bonds is 5. The predicted molar refractivity (Wildman–Crippen MR) is 92.9 cm³/mol. The van der Waals surface area contributed by atoms with Crippen LogP contribution in [0.3, 0.4) is 0 Å². The summed E-state index contributed by atoms with van der Waals surface area (Å²) in [5.41, 5.74) is 3.56. The van der Waals surface area contributed by atoms with E-state index in [1.54, 1.807) is 36.7 Å². The SMILES string of the molecule is O=C(NCc1ccccc1-c1cccnc1)[C@@H](O)c1ccccc1. The van der Waals surface area contributed by atoms with Gasteiger partial charge in [0.25, 0.3) is 5.91 Å². The van der Waals surface area contributed by atoms with E-state index >= 15 is 0 Å². The van der Waals surface area contributed by atoms with E-state index in [0.717, 1.165) is 16.7 Å². The number of pyridine rings is 1. The Morgan fingerprint density at radius 2 is 1.75 bits per heavy atom. The van der Waals surface area contributed by atoms with E-state index in [9.17, 15) is 9.90 Å². The Balaban J connectivity index is 1.72. The molecule has 0 aliphatic carbocycles. The van der Waals surface area contributed by atoms with Crippen molar-refractivity contribution in [1.29, 1.82) is 0 Å². The lowest BCUT2D eigenvalue weighted by Crippen LogP contribution is -2.29. The van der Waals surface area contributed by atoms with Crippen LogP contribution >= 0.6 is 0 Å². The average molecular weight is 318 g/mol. The van der Waals surface area contributed by atoms with Gasteiger partial charge in [-0.3, -0.25) is 9.78 Å². The molecular weight excluding hydrogens is 300 g/mol. The zero-order valence-corrected chi connectivity index (χ0v) is 13.1. The van der Waals surface area contributed by atoms with E-state index < -0.39 is 12.0 Å². The molecule has 0 spiro atoms. The first kappa shape index (κ1) is 15.9. The number of carbonyl (C=O) groups is 1. The highest BCUT2D eigenvalue weighted by atomic mass is 16.3. The summed E-state index contributed by atoms with van der Waals surface area (Å²) >= 11 is 0. The zero-order valence-electron chi connectivity index (χ0n) is 13.1. The molecule has 0 radical (unpaired) electrons. The van der Waals surface area contributed by atoms with Crippen LogP contribution in [0.2, 0.25) is 0 Å². The smallest absolute Gasteiger partial charge is 0.253 e. The number of nitrogens with one attached hydrogen (secondary N) is 1. The summed E-state index contributed by atoms with van der Waals surface area (Å²) in [5, 5.41) is 12.9. The molecule has 2 aromatic carbocycles. The van der Waals surface area contributed by atoms with Crippen molar-refractivity contribution >= 4 is 5.91 Å². The molecule has 1 aromatic heterocycles. The van der Waals surface area contributed by atoms with E-state index in [4.69, 9.17) is 0 Å². The lowest BCUT2D eigenvalue weighted by atomic mass is 10.0. The standard InChI is InChI=1S/C20H18N2O2/c23-19(15-7-2-1-3-8-15)20(24)22-14-17-9-4-5-11-18(17)16-10-6-12-21-13-16/h1-13,19,23H,14H2,(H,22,24)/t19-/m0/s1. The molecular formula is C20H18N2O2. The Morgan fingerprint density at radius 3 is 2.50 bits per heavy atom. The summed E-state index contributed by atoms with van der Waals surface area (Å²) in [7, 11) is 0. The second-order valence-electron chi connectivity index (χ2n) is 5.43. The van der Waals surface area contributed by atoms with Crippen molar-refractivity contribution in [3.63, 3.8) is 0 Å². The van der Waals surface area contributed by atoms with Crippen LogP contribution in [-0.2, 0) is 11.3 Å². The van der Waals surface area contributed by atoms with Crippen LogP contribution in [0.25, 0.3) is 11.1 Å². The van der Waals surface area contributed by atoms with Gasteiger partial charge in [-0.25, -0.2) is 0 Å². The van der Waals surface area contributed by atoms with Crippen molar-refractivity contribution in [2.24, 2.45) is 0 Å². The number of benzene rings is 2. The maximum Gasteiger partial charge on any atom is 0.253 e.